The van der Waals surface area contributed by atoms with Crippen molar-refractivity contribution in [2.75, 3.05) is 25.4 Å². The first-order chi connectivity index (χ1) is 9.65. The third kappa shape index (κ3) is 2.70. The first-order valence-electron chi connectivity index (χ1n) is 6.67. The molecule has 3 N–H and O–H groups in total. The quantitative estimate of drug-likeness (QED) is 0.866. The number of aromatic nitrogens is 3. The van der Waals surface area contributed by atoms with Crippen LogP contribution >= 0.6 is 11.3 Å². The molecule has 1 aliphatic heterocycles. The second-order valence-corrected chi connectivity index (χ2v) is 6.50. The molecule has 0 radical (unpaired) electrons. The Morgan fingerprint density at radius 3 is 2.90 bits per heavy atom. The fourth-order valence-electron chi connectivity index (χ4n) is 2.90. The highest BCUT2D eigenvalue weighted by atomic mass is 32.1. The molecular formula is C13H19N5OS. The zero-order chi connectivity index (χ0) is 14.1. The van der Waals surface area contributed by atoms with E-state index in [1.54, 1.807) is 0 Å². The number of rotatable bonds is 4. The summed E-state index contributed by atoms with van der Waals surface area (Å²) in [5.41, 5.74) is 6.87. The molecule has 2 aromatic heterocycles. The normalized spacial score (nSPS) is 23.5. The highest BCUT2D eigenvalue weighted by Gasteiger charge is 2.34. The summed E-state index contributed by atoms with van der Waals surface area (Å²) >= 11 is 1.53. The summed E-state index contributed by atoms with van der Waals surface area (Å²) < 4.78 is 1.82. The van der Waals surface area contributed by atoms with Crippen molar-refractivity contribution in [3.8, 4) is 0 Å². The molecule has 6 nitrogen and oxygen atoms in total. The number of hydrogen-bond acceptors (Lipinski definition) is 6. The molecule has 1 aliphatic rings. The van der Waals surface area contributed by atoms with Crippen molar-refractivity contribution >= 4 is 16.5 Å². The van der Waals surface area contributed by atoms with Gasteiger partial charge in [-0.05, 0) is 5.56 Å². The number of aryl methyl sites for hydroxylation is 1. The van der Waals surface area contributed by atoms with Gasteiger partial charge in [-0.2, -0.15) is 5.10 Å². The molecule has 108 valence electrons. The fraction of sp³-hybridized carbons (Fsp3) is 0.538. The van der Waals surface area contributed by atoms with Gasteiger partial charge < -0.3 is 10.8 Å². The Morgan fingerprint density at radius 1 is 1.45 bits per heavy atom. The lowest BCUT2D eigenvalue weighted by Gasteiger charge is -2.13. The molecule has 7 heteroatoms. The molecule has 0 aromatic carbocycles. The molecule has 0 bridgehead atoms. The highest BCUT2D eigenvalue weighted by Crippen LogP contribution is 2.33. The average molecular weight is 293 g/mol. The average Bonchev–Trinajstić information content (AvgIpc) is 3.10. The van der Waals surface area contributed by atoms with E-state index in [-0.39, 0.29) is 12.5 Å². The van der Waals surface area contributed by atoms with E-state index in [0.29, 0.717) is 11.0 Å². The minimum absolute atomic E-state index is 0.209. The van der Waals surface area contributed by atoms with Crippen molar-refractivity contribution in [2.24, 2.45) is 13.0 Å². The summed E-state index contributed by atoms with van der Waals surface area (Å²) in [4.78, 5) is 7.61. The SMILES string of the molecule is Cn1cc([C@@H]2CN(Cc3cnc(N)s3)C[C@H]2CO)cn1. The van der Waals surface area contributed by atoms with Crippen molar-refractivity contribution < 1.29 is 5.11 Å². The summed E-state index contributed by atoms with van der Waals surface area (Å²) in [6, 6.07) is 0. The number of thiazole rings is 1. The van der Waals surface area contributed by atoms with Crippen LogP contribution in [0, 0.1) is 5.92 Å². The number of anilines is 1. The smallest absolute Gasteiger partial charge is 0.180 e. The minimum atomic E-state index is 0.209. The summed E-state index contributed by atoms with van der Waals surface area (Å²) in [6.07, 6.45) is 5.79. The number of nitrogen functional groups attached to an aromatic ring is 1. The molecule has 2 aromatic rings. The van der Waals surface area contributed by atoms with Crippen molar-refractivity contribution in [2.45, 2.75) is 12.5 Å². The second kappa shape index (κ2) is 5.51. The van der Waals surface area contributed by atoms with Crippen LogP contribution in [0.4, 0.5) is 5.13 Å². The minimum Gasteiger partial charge on any atom is -0.396 e. The van der Waals surface area contributed by atoms with Crippen LogP contribution in [0.2, 0.25) is 0 Å². The summed E-state index contributed by atoms with van der Waals surface area (Å²) in [5, 5.41) is 14.5. The van der Waals surface area contributed by atoms with Gasteiger partial charge in [-0.3, -0.25) is 9.58 Å². The third-order valence-corrected chi connectivity index (χ3v) is 4.67. The van der Waals surface area contributed by atoms with E-state index in [2.05, 4.69) is 15.0 Å². The van der Waals surface area contributed by atoms with Gasteiger partial charge in [0.15, 0.2) is 5.13 Å². The van der Waals surface area contributed by atoms with Crippen molar-refractivity contribution in [1.29, 1.82) is 0 Å². The Hall–Kier alpha value is -1.44. The van der Waals surface area contributed by atoms with Crippen LogP contribution in [0.15, 0.2) is 18.6 Å². The van der Waals surface area contributed by atoms with Crippen LogP contribution in [0.3, 0.4) is 0 Å². The maximum absolute atomic E-state index is 9.61. The van der Waals surface area contributed by atoms with E-state index in [4.69, 9.17) is 5.73 Å². The van der Waals surface area contributed by atoms with E-state index in [1.165, 1.54) is 21.8 Å². The van der Waals surface area contributed by atoms with Gasteiger partial charge >= 0.3 is 0 Å². The topological polar surface area (TPSA) is 80.2 Å². The monoisotopic (exact) mass is 293 g/mol. The van der Waals surface area contributed by atoms with Crippen LogP contribution < -0.4 is 5.73 Å². The molecule has 1 saturated heterocycles. The highest BCUT2D eigenvalue weighted by molar-refractivity contribution is 7.15. The predicted molar refractivity (Wildman–Crippen MR) is 78.3 cm³/mol. The van der Waals surface area contributed by atoms with Gasteiger partial charge in [0.1, 0.15) is 0 Å². The Kier molecular flexibility index (Phi) is 3.73. The van der Waals surface area contributed by atoms with Gasteiger partial charge in [-0.25, -0.2) is 4.98 Å². The molecule has 0 saturated carbocycles. The summed E-state index contributed by atoms with van der Waals surface area (Å²) in [5.74, 6) is 0.614. The molecule has 20 heavy (non-hydrogen) atoms. The molecule has 0 spiro atoms. The van der Waals surface area contributed by atoms with E-state index in [0.717, 1.165) is 19.6 Å². The standard InChI is InChI=1S/C13H19N5OS/c1-17-4-9(2-16-17)12-7-18(5-10(12)8-19)6-11-3-15-13(14)20-11/h2-4,10,12,19H,5-8H2,1H3,(H2,14,15)/t10-,12-/m0/s1. The maximum atomic E-state index is 9.61. The molecule has 3 rings (SSSR count). The number of aliphatic hydroxyl groups excluding tert-OH is 1. The summed E-state index contributed by atoms with van der Waals surface area (Å²) in [6.45, 7) is 2.89. The first-order valence-corrected chi connectivity index (χ1v) is 7.49. The van der Waals surface area contributed by atoms with E-state index >= 15 is 0 Å². The number of nitrogens with zero attached hydrogens (tertiary/aromatic N) is 4. The molecule has 0 unspecified atom stereocenters. The van der Waals surface area contributed by atoms with Crippen LogP contribution in [0.5, 0.6) is 0 Å². The van der Waals surface area contributed by atoms with Crippen LogP contribution in [-0.2, 0) is 13.6 Å². The second-order valence-electron chi connectivity index (χ2n) is 5.36. The van der Waals surface area contributed by atoms with Gasteiger partial charge in [-0.1, -0.05) is 0 Å². The Labute approximate surface area is 121 Å². The zero-order valence-corrected chi connectivity index (χ0v) is 12.3. The molecule has 0 amide bonds. The van der Waals surface area contributed by atoms with E-state index in [9.17, 15) is 5.11 Å². The fourth-order valence-corrected chi connectivity index (χ4v) is 3.63. The summed E-state index contributed by atoms with van der Waals surface area (Å²) in [7, 11) is 1.92. The molecular weight excluding hydrogens is 274 g/mol. The van der Waals surface area contributed by atoms with Gasteiger partial charge in [0.05, 0.1) is 6.20 Å². The van der Waals surface area contributed by atoms with Crippen LogP contribution in [0.25, 0.3) is 0 Å². The lowest BCUT2D eigenvalue weighted by atomic mass is 9.92. The maximum Gasteiger partial charge on any atom is 0.180 e. The Bertz CT molecular complexity index is 581. The number of hydrogen-bond donors (Lipinski definition) is 2. The number of likely N-dealkylation sites (tertiary alicyclic amines) is 1. The van der Waals surface area contributed by atoms with Gasteiger partial charge in [0, 0.05) is 62.4 Å². The predicted octanol–water partition coefficient (Wildman–Crippen LogP) is 0.667. The van der Waals surface area contributed by atoms with Gasteiger partial charge in [0.25, 0.3) is 0 Å². The van der Waals surface area contributed by atoms with Crippen LogP contribution in [-0.4, -0.2) is 44.5 Å². The van der Waals surface area contributed by atoms with E-state index < -0.39 is 0 Å². The number of nitrogens with two attached hydrogens (primary N) is 1. The van der Waals surface area contributed by atoms with Crippen LogP contribution in [0.1, 0.15) is 16.4 Å². The lowest BCUT2D eigenvalue weighted by Crippen LogP contribution is -2.20. The van der Waals surface area contributed by atoms with Crippen molar-refractivity contribution in [3.63, 3.8) is 0 Å². The number of aliphatic hydroxyl groups is 1. The molecule has 2 atom stereocenters. The molecule has 3 heterocycles. The lowest BCUT2D eigenvalue weighted by molar-refractivity contribution is 0.214. The van der Waals surface area contributed by atoms with Gasteiger partial charge in [0.2, 0.25) is 0 Å². The molecule has 0 aliphatic carbocycles. The Balaban J connectivity index is 1.71. The van der Waals surface area contributed by atoms with Gasteiger partial charge in [-0.15, -0.1) is 11.3 Å². The Morgan fingerprint density at radius 2 is 2.30 bits per heavy atom. The first kappa shape index (κ1) is 13.5. The van der Waals surface area contributed by atoms with E-state index in [1.807, 2.05) is 30.3 Å². The largest absolute Gasteiger partial charge is 0.396 e. The molecule has 1 fully saturated rings. The third-order valence-electron chi connectivity index (χ3n) is 3.86. The zero-order valence-electron chi connectivity index (χ0n) is 11.4. The van der Waals surface area contributed by atoms with Crippen molar-refractivity contribution in [3.05, 3.63) is 29.0 Å². The van der Waals surface area contributed by atoms with Crippen molar-refractivity contribution in [1.82, 2.24) is 19.7 Å².